The van der Waals surface area contributed by atoms with E-state index in [4.69, 9.17) is 16.3 Å². The van der Waals surface area contributed by atoms with Gasteiger partial charge in [-0.05, 0) is 41.8 Å². The maximum atomic E-state index is 13.3. The fraction of sp³-hybridized carbons (Fsp3) is 0.0526. The fourth-order valence-corrected chi connectivity index (χ4v) is 2.80. The van der Waals surface area contributed by atoms with Crippen LogP contribution in [-0.2, 0) is 6.61 Å². The predicted molar refractivity (Wildman–Crippen MR) is 94.6 cm³/mol. The first-order valence-electron chi connectivity index (χ1n) is 7.78. The number of rotatable bonds is 4. The van der Waals surface area contributed by atoms with Crippen LogP contribution in [0.1, 0.15) is 5.69 Å². The molecule has 0 aliphatic carbocycles. The molecule has 0 saturated carbocycles. The second-order valence-electron chi connectivity index (χ2n) is 5.66. The Morgan fingerprint density at radius 1 is 1.00 bits per heavy atom. The van der Waals surface area contributed by atoms with Crippen LogP contribution in [0.3, 0.4) is 0 Å². The van der Waals surface area contributed by atoms with Crippen molar-refractivity contribution in [2.45, 2.75) is 6.61 Å². The molecule has 1 heterocycles. The molecule has 0 saturated heterocycles. The van der Waals surface area contributed by atoms with Gasteiger partial charge >= 0.3 is 0 Å². The highest BCUT2D eigenvalue weighted by molar-refractivity contribution is 6.31. The van der Waals surface area contributed by atoms with Crippen LogP contribution in [0.15, 0.2) is 60.8 Å². The van der Waals surface area contributed by atoms with E-state index in [9.17, 15) is 8.78 Å². The van der Waals surface area contributed by atoms with Gasteiger partial charge in [0, 0.05) is 16.5 Å². The lowest BCUT2D eigenvalue weighted by molar-refractivity contribution is 0.305. The third-order valence-corrected chi connectivity index (χ3v) is 4.12. The Labute approximate surface area is 152 Å². The minimum atomic E-state index is -0.940. The monoisotopic (exact) mass is 371 g/mol. The smallest absolute Gasteiger partial charge is 0.160 e. The zero-order chi connectivity index (χ0) is 18.1. The average Bonchev–Trinajstić information content (AvgIpc) is 3.11. The van der Waals surface area contributed by atoms with Crippen LogP contribution in [0, 0.1) is 11.6 Å². The Morgan fingerprint density at radius 3 is 2.73 bits per heavy atom. The number of hydrogen-bond donors (Lipinski definition) is 0. The Bertz CT molecular complexity index is 1100. The molecule has 0 unspecified atom stereocenters. The van der Waals surface area contributed by atoms with Gasteiger partial charge in [-0.1, -0.05) is 28.9 Å². The first-order valence-corrected chi connectivity index (χ1v) is 8.16. The second kappa shape index (κ2) is 6.72. The first-order chi connectivity index (χ1) is 12.6. The standard InChI is InChI=1S/C19H12ClF2N3O/c20-13-4-6-16-12(8-13)2-1-3-19(16)26-11-14-10-25(24-23-14)15-5-7-17(21)18(22)9-15/h1-10H,11H2. The van der Waals surface area contributed by atoms with E-state index in [0.717, 1.165) is 22.9 Å². The second-order valence-corrected chi connectivity index (χ2v) is 6.10. The summed E-state index contributed by atoms with van der Waals surface area (Å²) in [6, 6.07) is 14.8. The first kappa shape index (κ1) is 16.5. The van der Waals surface area contributed by atoms with E-state index < -0.39 is 11.6 Å². The molecule has 7 heteroatoms. The molecule has 130 valence electrons. The molecule has 26 heavy (non-hydrogen) atoms. The Hall–Kier alpha value is -2.99. The van der Waals surface area contributed by atoms with E-state index in [-0.39, 0.29) is 6.61 Å². The van der Waals surface area contributed by atoms with Gasteiger partial charge in [-0.25, -0.2) is 13.5 Å². The summed E-state index contributed by atoms with van der Waals surface area (Å²) in [5, 5.41) is 10.5. The number of halogens is 3. The van der Waals surface area contributed by atoms with Crippen molar-refractivity contribution in [2.24, 2.45) is 0 Å². The van der Waals surface area contributed by atoms with E-state index in [2.05, 4.69) is 10.3 Å². The van der Waals surface area contributed by atoms with E-state index in [1.165, 1.54) is 10.7 Å². The highest BCUT2D eigenvalue weighted by atomic mass is 35.5. The van der Waals surface area contributed by atoms with Crippen molar-refractivity contribution in [3.8, 4) is 11.4 Å². The summed E-state index contributed by atoms with van der Waals surface area (Å²) in [5.41, 5.74) is 0.933. The van der Waals surface area contributed by atoms with Gasteiger partial charge in [-0.3, -0.25) is 0 Å². The quantitative estimate of drug-likeness (QED) is 0.510. The van der Waals surface area contributed by atoms with E-state index in [1.54, 1.807) is 12.3 Å². The molecule has 0 spiro atoms. The lowest BCUT2D eigenvalue weighted by Crippen LogP contribution is -1.97. The zero-order valence-electron chi connectivity index (χ0n) is 13.4. The summed E-state index contributed by atoms with van der Waals surface area (Å²) < 4.78 is 33.6. The van der Waals surface area contributed by atoms with Crippen LogP contribution in [0.5, 0.6) is 5.75 Å². The van der Waals surface area contributed by atoms with Crippen LogP contribution in [0.4, 0.5) is 8.78 Å². The van der Waals surface area contributed by atoms with Gasteiger partial charge in [0.15, 0.2) is 11.6 Å². The number of benzene rings is 3. The van der Waals surface area contributed by atoms with Gasteiger partial charge in [0.2, 0.25) is 0 Å². The van der Waals surface area contributed by atoms with Crippen molar-refractivity contribution in [3.63, 3.8) is 0 Å². The van der Waals surface area contributed by atoms with E-state index >= 15 is 0 Å². The summed E-state index contributed by atoms with van der Waals surface area (Å²) in [6.45, 7) is 0.186. The molecule has 0 fully saturated rings. The topological polar surface area (TPSA) is 39.9 Å². The van der Waals surface area contributed by atoms with Crippen LogP contribution in [0.25, 0.3) is 16.5 Å². The molecule has 0 atom stereocenters. The van der Waals surface area contributed by atoms with Gasteiger partial charge < -0.3 is 4.74 Å². The third-order valence-electron chi connectivity index (χ3n) is 3.89. The molecule has 4 aromatic rings. The van der Waals surface area contributed by atoms with Gasteiger partial charge in [0.25, 0.3) is 0 Å². The summed E-state index contributed by atoms with van der Waals surface area (Å²) in [4.78, 5) is 0. The highest BCUT2D eigenvalue weighted by Crippen LogP contribution is 2.28. The number of ether oxygens (including phenoxy) is 1. The van der Waals surface area contributed by atoms with Crippen LogP contribution in [-0.4, -0.2) is 15.0 Å². The Balaban J connectivity index is 1.54. The fourth-order valence-electron chi connectivity index (χ4n) is 2.62. The third kappa shape index (κ3) is 3.23. The lowest BCUT2D eigenvalue weighted by Gasteiger charge is -2.08. The van der Waals surface area contributed by atoms with Crippen molar-refractivity contribution in [2.75, 3.05) is 0 Å². The number of hydrogen-bond acceptors (Lipinski definition) is 3. The molecule has 0 aliphatic heterocycles. The molecule has 0 radical (unpaired) electrons. The predicted octanol–water partition coefficient (Wildman–Crippen LogP) is 4.93. The normalized spacial score (nSPS) is 11.0. The minimum Gasteiger partial charge on any atom is -0.487 e. The van der Waals surface area contributed by atoms with Crippen LogP contribution >= 0.6 is 11.6 Å². The summed E-state index contributed by atoms with van der Waals surface area (Å²) in [5.74, 6) is -1.15. The molecular formula is C19H12ClF2N3O. The molecule has 0 N–H and O–H groups in total. The largest absolute Gasteiger partial charge is 0.487 e. The maximum absolute atomic E-state index is 13.3. The molecule has 0 bridgehead atoms. The molecular weight excluding hydrogens is 360 g/mol. The molecule has 3 aromatic carbocycles. The summed E-state index contributed by atoms with van der Waals surface area (Å²) in [7, 11) is 0. The van der Waals surface area contributed by atoms with Gasteiger partial charge in [-0.15, -0.1) is 5.10 Å². The van der Waals surface area contributed by atoms with Gasteiger partial charge in [0.05, 0.1) is 11.9 Å². The Kier molecular flexibility index (Phi) is 4.26. The molecule has 0 aliphatic rings. The minimum absolute atomic E-state index is 0.186. The molecule has 4 rings (SSSR count). The molecule has 0 amide bonds. The van der Waals surface area contributed by atoms with Crippen LogP contribution in [0.2, 0.25) is 5.02 Å². The maximum Gasteiger partial charge on any atom is 0.160 e. The van der Waals surface area contributed by atoms with Gasteiger partial charge in [-0.2, -0.15) is 0 Å². The van der Waals surface area contributed by atoms with E-state index in [0.29, 0.717) is 22.2 Å². The van der Waals surface area contributed by atoms with Gasteiger partial charge in [0.1, 0.15) is 18.1 Å². The van der Waals surface area contributed by atoms with Crippen molar-refractivity contribution >= 4 is 22.4 Å². The number of aromatic nitrogens is 3. The van der Waals surface area contributed by atoms with Crippen molar-refractivity contribution < 1.29 is 13.5 Å². The van der Waals surface area contributed by atoms with Crippen LogP contribution < -0.4 is 4.74 Å². The molecule has 1 aromatic heterocycles. The average molecular weight is 372 g/mol. The summed E-state index contributed by atoms with van der Waals surface area (Å²) in [6.07, 6.45) is 1.61. The highest BCUT2D eigenvalue weighted by Gasteiger charge is 2.09. The zero-order valence-corrected chi connectivity index (χ0v) is 14.1. The Morgan fingerprint density at radius 2 is 1.88 bits per heavy atom. The summed E-state index contributed by atoms with van der Waals surface area (Å²) >= 11 is 6.01. The molecule has 4 nitrogen and oxygen atoms in total. The SMILES string of the molecule is Fc1ccc(-n2cc(COc3cccc4cc(Cl)ccc34)nn2)cc1F. The van der Waals surface area contributed by atoms with Crippen molar-refractivity contribution in [1.29, 1.82) is 0 Å². The van der Waals surface area contributed by atoms with Crippen molar-refractivity contribution in [1.82, 2.24) is 15.0 Å². The number of nitrogens with zero attached hydrogens (tertiary/aromatic N) is 3. The van der Waals surface area contributed by atoms with Crippen molar-refractivity contribution in [3.05, 3.63) is 83.1 Å². The number of fused-ring (bicyclic) bond motifs is 1. The lowest BCUT2D eigenvalue weighted by atomic mass is 10.1. The van der Waals surface area contributed by atoms with E-state index in [1.807, 2.05) is 30.3 Å².